The Morgan fingerprint density at radius 2 is 1.85 bits per heavy atom. The molecule has 3 N–H and O–H groups in total. The molecule has 0 aliphatic carbocycles. The van der Waals surface area contributed by atoms with Crippen LogP contribution in [0.4, 0.5) is 0 Å². The third-order valence-corrected chi connectivity index (χ3v) is 4.44. The number of carboxylic acid groups (broad SMARTS) is 2. The van der Waals surface area contributed by atoms with Gasteiger partial charge in [0.1, 0.15) is 0 Å². The van der Waals surface area contributed by atoms with Gasteiger partial charge in [-0.3, -0.25) is 0 Å². The van der Waals surface area contributed by atoms with Crippen LogP contribution in [0.2, 0.25) is 0 Å². The van der Waals surface area contributed by atoms with E-state index in [-0.39, 0.29) is 6.61 Å². The predicted octanol–water partition coefficient (Wildman–Crippen LogP) is 1.93. The molecule has 8 heteroatoms. The molecule has 0 amide bonds. The second kappa shape index (κ2) is 12.4. The third kappa shape index (κ3) is 8.91. The van der Waals surface area contributed by atoms with Crippen LogP contribution < -0.4 is 0 Å². The molecule has 0 aliphatic rings. The predicted molar refractivity (Wildman–Crippen MR) is 101 cm³/mol. The molecule has 0 saturated carbocycles. The molecule has 26 heavy (non-hydrogen) atoms. The van der Waals surface area contributed by atoms with E-state index < -0.39 is 11.9 Å². The Kier molecular flexibility index (Phi) is 10.5. The summed E-state index contributed by atoms with van der Waals surface area (Å²) in [6.07, 6.45) is 1.98. The number of hydrogen-bond acceptors (Lipinski definition) is 6. The van der Waals surface area contributed by atoms with Crippen molar-refractivity contribution in [2.45, 2.75) is 12.8 Å². The standard InChI is InChI=1S/C16H23NO2S.C2H2O4/c1-17(8-9-18)7-2-10-19-11-5-14-3-4-16-15(13-14)6-12-20-16;3-1(4)2(5)6/h3-4,6,12-13,18H,2,5,7-11H2,1H3;(H,3,4)(H,5,6). The Balaban J connectivity index is 0.000000487. The number of aliphatic hydroxyl groups is 1. The van der Waals surface area contributed by atoms with Gasteiger partial charge in [0, 0.05) is 24.4 Å². The Labute approximate surface area is 156 Å². The summed E-state index contributed by atoms with van der Waals surface area (Å²) >= 11 is 1.78. The number of carboxylic acids is 2. The van der Waals surface area contributed by atoms with Crippen LogP contribution in [-0.4, -0.2) is 72.1 Å². The summed E-state index contributed by atoms with van der Waals surface area (Å²) in [5.74, 6) is -3.65. The van der Waals surface area contributed by atoms with E-state index in [4.69, 9.17) is 29.6 Å². The first-order valence-electron chi connectivity index (χ1n) is 8.23. The molecule has 0 spiro atoms. The molecule has 0 aliphatic heterocycles. The second-order valence-electron chi connectivity index (χ2n) is 5.65. The maximum absolute atomic E-state index is 9.10. The van der Waals surface area contributed by atoms with E-state index in [9.17, 15) is 0 Å². The molecule has 1 aromatic heterocycles. The zero-order chi connectivity index (χ0) is 19.4. The number of hydrogen-bond donors (Lipinski definition) is 3. The maximum Gasteiger partial charge on any atom is 0.414 e. The summed E-state index contributed by atoms with van der Waals surface area (Å²) < 4.78 is 7.02. The van der Waals surface area contributed by atoms with Gasteiger partial charge in [-0.15, -0.1) is 11.3 Å². The van der Waals surface area contributed by atoms with Crippen LogP contribution in [0.3, 0.4) is 0 Å². The highest BCUT2D eigenvalue weighted by molar-refractivity contribution is 7.17. The van der Waals surface area contributed by atoms with Crippen LogP contribution in [-0.2, 0) is 20.7 Å². The van der Waals surface area contributed by atoms with Gasteiger partial charge in [-0.25, -0.2) is 9.59 Å². The fourth-order valence-electron chi connectivity index (χ4n) is 2.18. The smallest absolute Gasteiger partial charge is 0.414 e. The zero-order valence-corrected chi connectivity index (χ0v) is 15.6. The Morgan fingerprint density at radius 1 is 1.12 bits per heavy atom. The van der Waals surface area contributed by atoms with E-state index >= 15 is 0 Å². The molecule has 0 bridgehead atoms. The van der Waals surface area contributed by atoms with Crippen LogP contribution in [0.25, 0.3) is 10.1 Å². The van der Waals surface area contributed by atoms with Crippen molar-refractivity contribution in [2.75, 3.05) is 40.0 Å². The van der Waals surface area contributed by atoms with Gasteiger partial charge < -0.3 is 25.0 Å². The molecule has 2 aromatic rings. The average Bonchev–Trinajstić information content (AvgIpc) is 3.06. The Bertz CT molecular complexity index is 675. The summed E-state index contributed by atoms with van der Waals surface area (Å²) in [5.41, 5.74) is 1.34. The highest BCUT2D eigenvalue weighted by atomic mass is 32.1. The molecule has 0 fully saturated rings. The molecule has 1 aromatic carbocycles. The van der Waals surface area contributed by atoms with Crippen molar-refractivity contribution in [2.24, 2.45) is 0 Å². The lowest BCUT2D eigenvalue weighted by Gasteiger charge is -2.14. The minimum absolute atomic E-state index is 0.225. The normalized spacial score (nSPS) is 10.6. The quantitative estimate of drug-likeness (QED) is 0.449. The van der Waals surface area contributed by atoms with Crippen molar-refractivity contribution in [1.29, 1.82) is 0 Å². The SMILES string of the molecule is CN(CCO)CCCOCCc1ccc2sccc2c1.O=C(O)C(=O)O. The van der Waals surface area contributed by atoms with E-state index in [1.165, 1.54) is 15.6 Å². The average molecular weight is 383 g/mol. The molecular formula is C18H25NO6S. The van der Waals surface area contributed by atoms with Crippen molar-refractivity contribution in [3.05, 3.63) is 35.2 Å². The number of fused-ring (bicyclic) bond motifs is 1. The van der Waals surface area contributed by atoms with E-state index in [1.54, 1.807) is 11.3 Å². The van der Waals surface area contributed by atoms with Gasteiger partial charge >= 0.3 is 11.9 Å². The molecule has 0 unspecified atom stereocenters. The van der Waals surface area contributed by atoms with Crippen molar-refractivity contribution < 1.29 is 29.6 Å². The fourth-order valence-corrected chi connectivity index (χ4v) is 2.95. The van der Waals surface area contributed by atoms with Gasteiger partial charge in [0.2, 0.25) is 0 Å². The minimum Gasteiger partial charge on any atom is -0.473 e. The Hall–Kier alpha value is -2.00. The van der Waals surface area contributed by atoms with E-state index in [0.717, 1.165) is 39.1 Å². The summed E-state index contributed by atoms with van der Waals surface area (Å²) in [7, 11) is 2.02. The van der Waals surface area contributed by atoms with Crippen LogP contribution in [0.5, 0.6) is 0 Å². The lowest BCUT2D eigenvalue weighted by atomic mass is 10.1. The molecule has 144 valence electrons. The first-order valence-corrected chi connectivity index (χ1v) is 9.11. The summed E-state index contributed by atoms with van der Waals surface area (Å²) in [5, 5.41) is 27.0. The topological polar surface area (TPSA) is 107 Å². The van der Waals surface area contributed by atoms with Gasteiger partial charge in [0.15, 0.2) is 0 Å². The fraction of sp³-hybridized carbons (Fsp3) is 0.444. The number of ether oxygens (including phenoxy) is 1. The van der Waals surface area contributed by atoms with Crippen LogP contribution in [0.15, 0.2) is 29.6 Å². The highest BCUT2D eigenvalue weighted by Gasteiger charge is 2.04. The zero-order valence-electron chi connectivity index (χ0n) is 14.8. The number of carbonyl (C=O) groups is 2. The van der Waals surface area contributed by atoms with Crippen LogP contribution >= 0.6 is 11.3 Å². The monoisotopic (exact) mass is 383 g/mol. The van der Waals surface area contributed by atoms with Crippen molar-refractivity contribution in [1.82, 2.24) is 4.90 Å². The van der Waals surface area contributed by atoms with Gasteiger partial charge in [-0.1, -0.05) is 12.1 Å². The van der Waals surface area contributed by atoms with Gasteiger partial charge in [0.05, 0.1) is 13.2 Å². The molecular weight excluding hydrogens is 358 g/mol. The summed E-state index contributed by atoms with van der Waals surface area (Å²) in [4.78, 5) is 20.3. The maximum atomic E-state index is 9.10. The number of aliphatic hydroxyl groups excluding tert-OH is 1. The highest BCUT2D eigenvalue weighted by Crippen LogP contribution is 2.21. The van der Waals surface area contributed by atoms with Crippen molar-refractivity contribution in [3.8, 4) is 0 Å². The molecule has 7 nitrogen and oxygen atoms in total. The van der Waals surface area contributed by atoms with E-state index in [2.05, 4.69) is 34.5 Å². The molecule has 1 heterocycles. The van der Waals surface area contributed by atoms with Gasteiger partial charge in [-0.05, 0) is 48.4 Å². The second-order valence-corrected chi connectivity index (χ2v) is 6.59. The molecule has 0 radical (unpaired) electrons. The summed E-state index contributed by atoms with van der Waals surface area (Å²) in [6.45, 7) is 3.50. The lowest BCUT2D eigenvalue weighted by molar-refractivity contribution is -0.159. The van der Waals surface area contributed by atoms with Crippen molar-refractivity contribution >= 4 is 33.4 Å². The van der Waals surface area contributed by atoms with Gasteiger partial charge in [-0.2, -0.15) is 0 Å². The third-order valence-electron chi connectivity index (χ3n) is 3.55. The van der Waals surface area contributed by atoms with E-state index in [1.807, 2.05) is 7.05 Å². The number of aliphatic carboxylic acids is 2. The molecule has 0 atom stereocenters. The van der Waals surface area contributed by atoms with Crippen LogP contribution in [0.1, 0.15) is 12.0 Å². The summed E-state index contributed by atoms with van der Waals surface area (Å²) in [6, 6.07) is 8.81. The number of rotatable bonds is 9. The van der Waals surface area contributed by atoms with E-state index in [0.29, 0.717) is 0 Å². The lowest BCUT2D eigenvalue weighted by Crippen LogP contribution is -2.24. The number of nitrogens with zero attached hydrogens (tertiary/aromatic N) is 1. The van der Waals surface area contributed by atoms with Crippen molar-refractivity contribution in [3.63, 3.8) is 0 Å². The Morgan fingerprint density at radius 3 is 2.50 bits per heavy atom. The van der Waals surface area contributed by atoms with Gasteiger partial charge in [0.25, 0.3) is 0 Å². The van der Waals surface area contributed by atoms with Crippen LogP contribution in [0, 0.1) is 0 Å². The minimum atomic E-state index is -1.82. The number of thiophene rings is 1. The number of likely N-dealkylation sites (N-methyl/N-ethyl adjacent to an activating group) is 1. The first-order chi connectivity index (χ1) is 12.4. The molecule has 2 rings (SSSR count). The largest absolute Gasteiger partial charge is 0.473 e. The molecule has 0 saturated heterocycles. The number of benzene rings is 1. The first kappa shape index (κ1) is 22.0.